The van der Waals surface area contributed by atoms with Gasteiger partial charge in [-0.25, -0.2) is 4.98 Å². The van der Waals surface area contributed by atoms with Crippen LogP contribution in [0.15, 0.2) is 24.7 Å². The Morgan fingerprint density at radius 3 is 3.00 bits per heavy atom. The molecule has 0 aromatic carbocycles. The molecule has 0 spiro atoms. The van der Waals surface area contributed by atoms with Gasteiger partial charge < -0.3 is 9.64 Å². The van der Waals surface area contributed by atoms with Crippen molar-refractivity contribution in [2.45, 2.75) is 25.4 Å². The molecule has 4 heterocycles. The average Bonchev–Trinajstić information content (AvgIpc) is 3.19. The van der Waals surface area contributed by atoms with Gasteiger partial charge in [-0.15, -0.1) is 0 Å². The zero-order chi connectivity index (χ0) is 16.5. The minimum Gasteiger partial charge on any atom is -0.467 e. The van der Waals surface area contributed by atoms with E-state index in [1.165, 1.54) is 0 Å². The summed E-state index contributed by atoms with van der Waals surface area (Å²) in [5, 5.41) is 4.44. The molecule has 2 aromatic rings. The molecule has 0 N–H and O–H groups in total. The predicted octanol–water partition coefficient (Wildman–Crippen LogP) is 0.865. The van der Waals surface area contributed by atoms with Gasteiger partial charge in [0.25, 0.3) is 0 Å². The fourth-order valence-corrected chi connectivity index (χ4v) is 3.22. The minimum atomic E-state index is 0.197. The highest BCUT2D eigenvalue weighted by Gasteiger charge is 2.30. The first-order chi connectivity index (χ1) is 11.7. The Balaban J connectivity index is 1.34. The zero-order valence-corrected chi connectivity index (χ0v) is 13.6. The zero-order valence-electron chi connectivity index (χ0n) is 13.6. The second kappa shape index (κ2) is 6.20. The smallest absolute Gasteiger partial charge is 0.316 e. The molecule has 1 amide bonds. The highest BCUT2D eigenvalue weighted by atomic mass is 16.5. The Labute approximate surface area is 140 Å². The van der Waals surface area contributed by atoms with E-state index in [0.717, 1.165) is 44.0 Å². The first-order valence-corrected chi connectivity index (χ1v) is 8.16. The molecule has 0 radical (unpaired) electrons. The van der Waals surface area contributed by atoms with Gasteiger partial charge in [0.1, 0.15) is 0 Å². The molecule has 8 nitrogen and oxygen atoms in total. The van der Waals surface area contributed by atoms with Gasteiger partial charge in [0.05, 0.1) is 30.7 Å². The number of amides is 1. The van der Waals surface area contributed by atoms with Crippen LogP contribution in [0.1, 0.15) is 24.6 Å². The van der Waals surface area contributed by atoms with Crippen molar-refractivity contribution in [1.82, 2.24) is 24.6 Å². The van der Waals surface area contributed by atoms with E-state index < -0.39 is 0 Å². The predicted molar refractivity (Wildman–Crippen MR) is 86.7 cm³/mol. The second-order valence-corrected chi connectivity index (χ2v) is 6.21. The second-order valence-electron chi connectivity index (χ2n) is 6.21. The van der Waals surface area contributed by atoms with E-state index in [4.69, 9.17) is 4.74 Å². The normalized spacial score (nSPS) is 18.9. The number of nitrogens with zero attached hydrogens (tertiary/aromatic N) is 6. The van der Waals surface area contributed by atoms with Gasteiger partial charge in [0.15, 0.2) is 0 Å². The summed E-state index contributed by atoms with van der Waals surface area (Å²) in [4.78, 5) is 24.3. The number of aromatic nitrogens is 4. The van der Waals surface area contributed by atoms with Crippen molar-refractivity contribution >= 4 is 11.6 Å². The third-order valence-corrected chi connectivity index (χ3v) is 4.54. The summed E-state index contributed by atoms with van der Waals surface area (Å²) in [6, 6.07) is 2.65. The maximum Gasteiger partial charge on any atom is 0.316 e. The molecule has 0 unspecified atom stereocenters. The summed E-state index contributed by atoms with van der Waals surface area (Å²) in [6.45, 7) is 3.41. The summed E-state index contributed by atoms with van der Waals surface area (Å²) in [5.41, 5.74) is 1.86. The van der Waals surface area contributed by atoms with E-state index in [2.05, 4.69) is 20.0 Å². The van der Waals surface area contributed by atoms with Crippen LogP contribution in [0, 0.1) is 0 Å². The summed E-state index contributed by atoms with van der Waals surface area (Å²) in [7, 11) is 1.57. The Kier molecular flexibility index (Phi) is 3.89. The monoisotopic (exact) mass is 328 g/mol. The molecule has 0 atom stereocenters. The number of ether oxygens (including phenoxy) is 1. The lowest BCUT2D eigenvalue weighted by atomic mass is 10.1. The first kappa shape index (κ1) is 15.1. The lowest BCUT2D eigenvalue weighted by Crippen LogP contribution is -2.47. The van der Waals surface area contributed by atoms with Gasteiger partial charge in [-0.3, -0.25) is 14.4 Å². The number of carbonyl (C=O) groups is 1. The van der Waals surface area contributed by atoms with Crippen LogP contribution in [0.5, 0.6) is 6.01 Å². The maximum absolute atomic E-state index is 11.8. The van der Waals surface area contributed by atoms with E-state index >= 15 is 0 Å². The molecule has 2 fully saturated rings. The van der Waals surface area contributed by atoms with Crippen LogP contribution >= 0.6 is 0 Å². The number of hydrogen-bond acceptors (Lipinski definition) is 6. The Bertz CT molecular complexity index is 740. The van der Waals surface area contributed by atoms with Crippen LogP contribution < -0.4 is 9.64 Å². The molecular formula is C16H20N6O2. The SMILES string of the molecule is COc1nccc(CN2CC(n3cc(N4CCCC4=O)cn3)C2)n1. The number of methoxy groups -OCH3 is 1. The van der Waals surface area contributed by atoms with Crippen LogP contribution in [0.3, 0.4) is 0 Å². The van der Waals surface area contributed by atoms with Crippen LogP contribution in [0.25, 0.3) is 0 Å². The molecule has 2 aromatic heterocycles. The standard InChI is InChI=1S/C16H20N6O2/c1-24-16-17-5-4-12(19-16)8-20-9-14(10-20)22-11-13(7-18-22)21-6-2-3-15(21)23/h4-5,7,11,14H,2-3,6,8-10H2,1H3. The molecule has 24 heavy (non-hydrogen) atoms. The summed E-state index contributed by atoms with van der Waals surface area (Å²) in [5.74, 6) is 0.197. The van der Waals surface area contributed by atoms with Gasteiger partial charge in [0, 0.05) is 45.0 Å². The first-order valence-electron chi connectivity index (χ1n) is 8.16. The average molecular weight is 328 g/mol. The molecular weight excluding hydrogens is 308 g/mol. The molecule has 0 saturated carbocycles. The molecule has 2 saturated heterocycles. The third kappa shape index (κ3) is 2.84. The fourth-order valence-electron chi connectivity index (χ4n) is 3.22. The van der Waals surface area contributed by atoms with Gasteiger partial charge >= 0.3 is 6.01 Å². The fraction of sp³-hybridized carbons (Fsp3) is 0.500. The van der Waals surface area contributed by atoms with Crippen LogP contribution in [-0.4, -0.2) is 57.3 Å². The molecule has 0 aliphatic carbocycles. The van der Waals surface area contributed by atoms with E-state index in [1.54, 1.807) is 19.5 Å². The largest absolute Gasteiger partial charge is 0.467 e. The number of carbonyl (C=O) groups excluding carboxylic acids is 1. The van der Waals surface area contributed by atoms with Gasteiger partial charge in [-0.2, -0.15) is 10.1 Å². The van der Waals surface area contributed by atoms with Gasteiger partial charge in [-0.1, -0.05) is 0 Å². The number of hydrogen-bond donors (Lipinski definition) is 0. The van der Waals surface area contributed by atoms with Crippen molar-refractivity contribution in [3.05, 3.63) is 30.4 Å². The Hall–Kier alpha value is -2.48. The van der Waals surface area contributed by atoms with Crippen LogP contribution in [-0.2, 0) is 11.3 Å². The third-order valence-electron chi connectivity index (χ3n) is 4.54. The van der Waals surface area contributed by atoms with Gasteiger partial charge in [0.2, 0.25) is 5.91 Å². The van der Waals surface area contributed by atoms with E-state index in [-0.39, 0.29) is 5.91 Å². The molecule has 8 heteroatoms. The van der Waals surface area contributed by atoms with Crippen molar-refractivity contribution < 1.29 is 9.53 Å². The summed E-state index contributed by atoms with van der Waals surface area (Å²) < 4.78 is 7.02. The van der Waals surface area contributed by atoms with Crippen molar-refractivity contribution in [2.24, 2.45) is 0 Å². The number of likely N-dealkylation sites (tertiary alicyclic amines) is 1. The van der Waals surface area contributed by atoms with Crippen LogP contribution in [0.2, 0.25) is 0 Å². The summed E-state index contributed by atoms with van der Waals surface area (Å²) in [6.07, 6.45) is 7.07. The molecule has 2 aliphatic heterocycles. The van der Waals surface area contributed by atoms with E-state index in [0.29, 0.717) is 18.5 Å². The quantitative estimate of drug-likeness (QED) is 0.810. The molecule has 2 aliphatic rings. The summed E-state index contributed by atoms with van der Waals surface area (Å²) >= 11 is 0. The van der Waals surface area contributed by atoms with Crippen molar-refractivity contribution in [3.63, 3.8) is 0 Å². The van der Waals surface area contributed by atoms with E-state index in [1.807, 2.05) is 21.8 Å². The Morgan fingerprint density at radius 1 is 1.38 bits per heavy atom. The molecule has 126 valence electrons. The lowest BCUT2D eigenvalue weighted by Gasteiger charge is -2.38. The highest BCUT2D eigenvalue weighted by Crippen LogP contribution is 2.26. The minimum absolute atomic E-state index is 0.197. The van der Waals surface area contributed by atoms with E-state index in [9.17, 15) is 4.79 Å². The highest BCUT2D eigenvalue weighted by molar-refractivity contribution is 5.95. The maximum atomic E-state index is 11.8. The van der Waals surface area contributed by atoms with Crippen molar-refractivity contribution in [3.8, 4) is 6.01 Å². The van der Waals surface area contributed by atoms with Crippen molar-refractivity contribution in [2.75, 3.05) is 31.6 Å². The molecule has 0 bridgehead atoms. The van der Waals surface area contributed by atoms with Crippen molar-refractivity contribution in [1.29, 1.82) is 0 Å². The van der Waals surface area contributed by atoms with Gasteiger partial charge in [-0.05, 0) is 12.5 Å². The topological polar surface area (TPSA) is 76.4 Å². The molecule has 4 rings (SSSR count). The van der Waals surface area contributed by atoms with Crippen LogP contribution in [0.4, 0.5) is 5.69 Å². The lowest BCUT2D eigenvalue weighted by molar-refractivity contribution is -0.117. The Morgan fingerprint density at radius 2 is 2.25 bits per heavy atom. The number of anilines is 1. The number of rotatable bonds is 5.